The van der Waals surface area contributed by atoms with Crippen molar-refractivity contribution < 1.29 is 18.0 Å². The van der Waals surface area contributed by atoms with Gasteiger partial charge in [0, 0.05) is 0 Å². The summed E-state index contributed by atoms with van der Waals surface area (Å²) in [4.78, 5) is 29.7. The number of amides is 1. The number of aromatic nitrogens is 5. The fourth-order valence-corrected chi connectivity index (χ4v) is 3.08. The van der Waals surface area contributed by atoms with Crippen molar-refractivity contribution in [2.24, 2.45) is 0 Å². The summed E-state index contributed by atoms with van der Waals surface area (Å²) in [6.45, 7) is 1.39. The molecule has 0 spiro atoms. The third kappa shape index (κ3) is 3.30. The number of anilines is 1. The number of aryl methyl sites for hydroxylation is 1. The van der Waals surface area contributed by atoms with E-state index in [0.29, 0.717) is 4.52 Å². The summed E-state index contributed by atoms with van der Waals surface area (Å²) in [6, 6.07) is 9.23. The number of rotatable bonds is 3. The summed E-state index contributed by atoms with van der Waals surface area (Å²) >= 11 is 0. The Labute approximate surface area is 166 Å². The number of halogens is 3. The van der Waals surface area contributed by atoms with Crippen molar-refractivity contribution in [1.82, 2.24) is 24.8 Å². The fourth-order valence-electron chi connectivity index (χ4n) is 3.08. The van der Waals surface area contributed by atoms with E-state index in [4.69, 9.17) is 0 Å². The first-order valence-corrected chi connectivity index (χ1v) is 8.63. The van der Waals surface area contributed by atoms with E-state index in [1.165, 1.54) is 37.5 Å². The second-order valence-corrected chi connectivity index (χ2v) is 6.35. The highest BCUT2D eigenvalue weighted by Gasteiger charge is 2.38. The highest BCUT2D eigenvalue weighted by Crippen LogP contribution is 2.38. The molecule has 4 rings (SSSR count). The molecule has 3 aromatic heterocycles. The zero-order valence-corrected chi connectivity index (χ0v) is 15.4. The van der Waals surface area contributed by atoms with Gasteiger partial charge in [-0.05, 0) is 18.6 Å². The smallest absolute Gasteiger partial charge is 0.320 e. The van der Waals surface area contributed by atoms with Gasteiger partial charge in [-0.25, -0.2) is 4.98 Å². The van der Waals surface area contributed by atoms with E-state index in [9.17, 15) is 22.8 Å². The molecule has 30 heavy (non-hydrogen) atoms. The van der Waals surface area contributed by atoms with E-state index in [2.05, 4.69) is 25.6 Å². The zero-order valence-electron chi connectivity index (χ0n) is 15.4. The number of nitrogens with zero attached hydrogens (tertiary/aromatic N) is 4. The van der Waals surface area contributed by atoms with E-state index in [1.54, 1.807) is 18.2 Å². The van der Waals surface area contributed by atoms with Crippen LogP contribution in [0.2, 0.25) is 0 Å². The summed E-state index contributed by atoms with van der Waals surface area (Å²) in [6.07, 6.45) is -2.17. The van der Waals surface area contributed by atoms with E-state index in [1.807, 2.05) is 0 Å². The van der Waals surface area contributed by atoms with Crippen LogP contribution in [0.1, 0.15) is 21.7 Å². The van der Waals surface area contributed by atoms with Gasteiger partial charge in [-0.15, -0.1) is 0 Å². The molecule has 3 heterocycles. The summed E-state index contributed by atoms with van der Waals surface area (Å²) in [5, 5.41) is 11.7. The normalized spacial score (nSPS) is 11.6. The molecule has 0 atom stereocenters. The van der Waals surface area contributed by atoms with Crippen LogP contribution in [-0.2, 0) is 6.18 Å². The molecule has 1 amide bonds. The van der Waals surface area contributed by atoms with E-state index >= 15 is 0 Å². The van der Waals surface area contributed by atoms with Crippen LogP contribution in [0.25, 0.3) is 16.8 Å². The van der Waals surface area contributed by atoms with Crippen molar-refractivity contribution in [3.8, 4) is 11.1 Å². The number of hydrogen-bond acceptors (Lipinski definition) is 5. The molecule has 8 nitrogen and oxygen atoms in total. The second kappa shape index (κ2) is 7.10. The summed E-state index contributed by atoms with van der Waals surface area (Å²) in [7, 11) is 0. The number of carbonyl (C=O) groups is 1. The molecule has 0 fully saturated rings. The molecule has 0 saturated heterocycles. The van der Waals surface area contributed by atoms with Crippen molar-refractivity contribution >= 4 is 17.2 Å². The highest BCUT2D eigenvalue weighted by atomic mass is 19.4. The van der Waals surface area contributed by atoms with Crippen molar-refractivity contribution in [3.05, 3.63) is 76.1 Å². The van der Waals surface area contributed by atoms with Crippen molar-refractivity contribution in [2.45, 2.75) is 13.1 Å². The van der Waals surface area contributed by atoms with Gasteiger partial charge >= 0.3 is 6.18 Å². The number of hydrogen-bond donors (Lipinski definition) is 2. The third-order valence-electron chi connectivity index (χ3n) is 4.38. The lowest BCUT2D eigenvalue weighted by atomic mass is 10.1. The molecular weight excluding hydrogens is 401 g/mol. The number of carbonyl (C=O) groups excluding carboxylic acids is 1. The molecular formula is C19H13F3N6O2. The molecule has 11 heteroatoms. The Morgan fingerprint density at radius 2 is 1.87 bits per heavy atom. The average molecular weight is 414 g/mol. The van der Waals surface area contributed by atoms with Gasteiger partial charge in [-0.3, -0.25) is 14.7 Å². The molecule has 0 aliphatic rings. The maximum atomic E-state index is 13.7. The van der Waals surface area contributed by atoms with Gasteiger partial charge in [0.25, 0.3) is 11.5 Å². The van der Waals surface area contributed by atoms with Crippen LogP contribution in [0.5, 0.6) is 0 Å². The lowest BCUT2D eigenvalue weighted by Crippen LogP contribution is -2.29. The van der Waals surface area contributed by atoms with E-state index in [-0.39, 0.29) is 33.7 Å². The first-order valence-electron chi connectivity index (χ1n) is 8.63. The molecule has 0 aliphatic carbocycles. The SMILES string of the molecule is Cc1nc2c(-c3ccccc3)c(C(F)(F)F)[nH]n2c(=O)c1C(=O)Nc1ccnnc1. The van der Waals surface area contributed by atoms with Crippen LogP contribution < -0.4 is 10.9 Å². The van der Waals surface area contributed by atoms with Gasteiger partial charge in [0.2, 0.25) is 0 Å². The molecule has 0 saturated carbocycles. The van der Waals surface area contributed by atoms with Crippen LogP contribution in [0.15, 0.2) is 53.6 Å². The molecule has 152 valence electrons. The Bertz CT molecular complexity index is 1300. The third-order valence-corrected chi connectivity index (χ3v) is 4.38. The summed E-state index contributed by atoms with van der Waals surface area (Å²) in [5.74, 6) is -0.822. The first kappa shape index (κ1) is 19.3. The predicted molar refractivity (Wildman–Crippen MR) is 101 cm³/mol. The molecule has 0 bridgehead atoms. The quantitative estimate of drug-likeness (QED) is 0.536. The first-order chi connectivity index (χ1) is 14.3. The van der Waals surface area contributed by atoms with Gasteiger partial charge in [0.05, 0.1) is 29.3 Å². The van der Waals surface area contributed by atoms with Crippen molar-refractivity contribution in [3.63, 3.8) is 0 Å². The van der Waals surface area contributed by atoms with Crippen LogP contribution in [0.4, 0.5) is 18.9 Å². The largest absolute Gasteiger partial charge is 0.433 e. The van der Waals surface area contributed by atoms with Gasteiger partial charge in [0.1, 0.15) is 11.3 Å². The monoisotopic (exact) mass is 414 g/mol. The van der Waals surface area contributed by atoms with Gasteiger partial charge in [-0.2, -0.15) is 27.9 Å². The Morgan fingerprint density at radius 3 is 2.50 bits per heavy atom. The number of benzene rings is 1. The van der Waals surface area contributed by atoms with Crippen LogP contribution in [0, 0.1) is 6.92 Å². The minimum Gasteiger partial charge on any atom is -0.320 e. The topological polar surface area (TPSA) is 105 Å². The maximum absolute atomic E-state index is 13.7. The van der Waals surface area contributed by atoms with Crippen molar-refractivity contribution in [1.29, 1.82) is 0 Å². The van der Waals surface area contributed by atoms with Crippen LogP contribution >= 0.6 is 0 Å². The molecule has 0 radical (unpaired) electrons. The average Bonchev–Trinajstić information content (AvgIpc) is 3.09. The number of H-pyrrole nitrogens is 1. The van der Waals surface area contributed by atoms with Crippen LogP contribution in [0.3, 0.4) is 0 Å². The Morgan fingerprint density at radius 1 is 1.13 bits per heavy atom. The van der Waals surface area contributed by atoms with Gasteiger partial charge < -0.3 is 5.32 Å². The number of nitrogens with one attached hydrogen (secondary N) is 2. The van der Waals surface area contributed by atoms with Gasteiger partial charge in [-0.1, -0.05) is 30.3 Å². The second-order valence-electron chi connectivity index (χ2n) is 6.35. The Balaban J connectivity index is 1.93. The minimum absolute atomic E-state index is 0.00980. The Kier molecular flexibility index (Phi) is 4.57. The number of aromatic amines is 1. The van der Waals surface area contributed by atoms with E-state index < -0.39 is 23.3 Å². The lowest BCUT2D eigenvalue weighted by molar-refractivity contribution is -0.140. The van der Waals surface area contributed by atoms with Crippen LogP contribution in [-0.4, -0.2) is 30.7 Å². The van der Waals surface area contributed by atoms with Gasteiger partial charge in [0.15, 0.2) is 5.65 Å². The maximum Gasteiger partial charge on any atom is 0.433 e. The summed E-state index contributed by atoms with van der Waals surface area (Å²) < 4.78 is 41.7. The molecule has 0 unspecified atom stereocenters. The predicted octanol–water partition coefficient (Wildman–Crippen LogP) is 3.06. The highest BCUT2D eigenvalue weighted by molar-refractivity contribution is 6.04. The molecule has 4 aromatic rings. The molecule has 2 N–H and O–H groups in total. The standard InChI is InChI=1S/C19H13F3N6O2/c1-10-13(17(29)26-12-7-8-23-24-9-12)18(30)28-16(25-10)14(11-5-3-2-4-6-11)15(27-28)19(20,21)22/h2-9,27H,1H3,(H,23,26,29). The molecule has 0 aliphatic heterocycles. The zero-order chi connectivity index (χ0) is 21.5. The molecule has 1 aromatic carbocycles. The number of alkyl halides is 3. The van der Waals surface area contributed by atoms with Crippen molar-refractivity contribution in [2.75, 3.05) is 5.32 Å². The van der Waals surface area contributed by atoms with E-state index in [0.717, 1.165) is 0 Å². The minimum atomic E-state index is -4.77. The number of fused-ring (bicyclic) bond motifs is 1. The fraction of sp³-hybridized carbons (Fsp3) is 0.105. The lowest BCUT2D eigenvalue weighted by Gasteiger charge is -2.08. The Hall–Kier alpha value is -4.02. The summed E-state index contributed by atoms with van der Waals surface area (Å²) in [5.41, 5.74) is -2.48.